The van der Waals surface area contributed by atoms with Crippen LogP contribution in [-0.2, 0) is 4.79 Å². The average molecular weight is 295 g/mol. The molecule has 0 fully saturated rings. The van der Waals surface area contributed by atoms with Crippen LogP contribution < -0.4 is 4.74 Å². The van der Waals surface area contributed by atoms with Crippen LogP contribution in [0, 0.1) is 6.92 Å². The van der Waals surface area contributed by atoms with E-state index in [9.17, 15) is 4.79 Å². The van der Waals surface area contributed by atoms with E-state index in [2.05, 4.69) is 0 Å². The van der Waals surface area contributed by atoms with E-state index < -0.39 is 0 Å². The van der Waals surface area contributed by atoms with E-state index >= 15 is 0 Å². The summed E-state index contributed by atoms with van der Waals surface area (Å²) in [6.45, 7) is 3.07. The predicted molar refractivity (Wildman–Crippen MR) is 89.8 cm³/mol. The summed E-state index contributed by atoms with van der Waals surface area (Å²) in [6, 6.07) is 17.7. The summed E-state index contributed by atoms with van der Waals surface area (Å²) in [7, 11) is 1.77. The van der Waals surface area contributed by atoms with Crippen molar-refractivity contribution in [3.8, 4) is 5.75 Å². The van der Waals surface area contributed by atoms with Crippen LogP contribution in [0.5, 0.6) is 5.75 Å². The fourth-order valence-corrected chi connectivity index (χ4v) is 1.90. The molecule has 0 saturated heterocycles. The van der Waals surface area contributed by atoms with Crippen LogP contribution in [0.15, 0.2) is 60.7 Å². The van der Waals surface area contributed by atoms with E-state index in [-0.39, 0.29) is 5.91 Å². The Bertz CT molecular complexity index is 618. The normalized spacial score (nSPS) is 10.6. The fraction of sp³-hybridized carbons (Fsp3) is 0.211. The number of likely N-dealkylation sites (N-methyl/N-ethyl adjacent to an activating group) is 1. The number of nitrogens with zero attached hydrogens (tertiary/aromatic N) is 1. The first-order chi connectivity index (χ1) is 10.6. The lowest BCUT2D eigenvalue weighted by Gasteiger charge is -2.15. The third-order valence-corrected chi connectivity index (χ3v) is 3.31. The Morgan fingerprint density at radius 3 is 2.45 bits per heavy atom. The van der Waals surface area contributed by atoms with Crippen LogP contribution >= 0.6 is 0 Å². The van der Waals surface area contributed by atoms with Crippen molar-refractivity contribution in [3.63, 3.8) is 0 Å². The third-order valence-electron chi connectivity index (χ3n) is 3.31. The van der Waals surface area contributed by atoms with Crippen LogP contribution in [0.3, 0.4) is 0 Å². The molecule has 0 aliphatic rings. The Labute approximate surface area is 131 Å². The molecule has 2 aromatic carbocycles. The van der Waals surface area contributed by atoms with Crippen molar-refractivity contribution in [3.05, 3.63) is 71.8 Å². The van der Waals surface area contributed by atoms with Crippen molar-refractivity contribution in [2.75, 3.05) is 20.2 Å². The molecule has 0 spiro atoms. The molecule has 2 aromatic rings. The number of hydrogen-bond acceptors (Lipinski definition) is 2. The lowest BCUT2D eigenvalue weighted by molar-refractivity contribution is -0.125. The van der Waals surface area contributed by atoms with E-state index in [0.717, 1.165) is 11.3 Å². The summed E-state index contributed by atoms with van der Waals surface area (Å²) in [5.41, 5.74) is 2.23. The van der Waals surface area contributed by atoms with Gasteiger partial charge >= 0.3 is 0 Å². The number of carbonyl (C=O) groups excluding carboxylic acids is 1. The highest BCUT2D eigenvalue weighted by Crippen LogP contribution is 2.08. The zero-order chi connectivity index (χ0) is 15.8. The molecule has 0 saturated carbocycles. The molecule has 0 heterocycles. The lowest BCUT2D eigenvalue weighted by Crippen LogP contribution is -2.29. The van der Waals surface area contributed by atoms with E-state index in [1.54, 1.807) is 18.0 Å². The van der Waals surface area contributed by atoms with Crippen LogP contribution in [0.1, 0.15) is 11.1 Å². The molecule has 22 heavy (non-hydrogen) atoms. The van der Waals surface area contributed by atoms with Crippen LogP contribution in [0.25, 0.3) is 6.08 Å². The number of amides is 1. The standard InChI is InChI=1S/C19H21NO2/c1-16-8-10-17(11-9-16)12-13-19(21)20(2)14-15-22-18-6-4-3-5-7-18/h3-13H,14-15H2,1-2H3/b13-12+. The number of hydrogen-bond donors (Lipinski definition) is 0. The first-order valence-electron chi connectivity index (χ1n) is 7.33. The van der Waals surface area contributed by atoms with Gasteiger partial charge < -0.3 is 9.64 Å². The van der Waals surface area contributed by atoms with E-state index in [0.29, 0.717) is 13.2 Å². The second kappa shape index (κ2) is 8.03. The number of rotatable bonds is 6. The number of benzene rings is 2. The Hall–Kier alpha value is -2.55. The van der Waals surface area contributed by atoms with E-state index in [1.165, 1.54) is 5.56 Å². The minimum absolute atomic E-state index is 0.0303. The molecule has 0 bridgehead atoms. The summed E-state index contributed by atoms with van der Waals surface area (Å²) in [6.07, 6.45) is 3.42. The molecule has 3 heteroatoms. The highest BCUT2D eigenvalue weighted by atomic mass is 16.5. The van der Waals surface area contributed by atoms with Crippen LogP contribution in [0.2, 0.25) is 0 Å². The summed E-state index contributed by atoms with van der Waals surface area (Å²) in [4.78, 5) is 13.7. The molecular formula is C19H21NO2. The molecular weight excluding hydrogens is 274 g/mol. The zero-order valence-corrected chi connectivity index (χ0v) is 13.0. The number of carbonyl (C=O) groups is 1. The SMILES string of the molecule is Cc1ccc(/C=C/C(=O)N(C)CCOc2ccccc2)cc1. The maximum absolute atomic E-state index is 12.0. The van der Waals surface area contributed by atoms with Crippen molar-refractivity contribution in [2.24, 2.45) is 0 Å². The van der Waals surface area contributed by atoms with Crippen molar-refractivity contribution >= 4 is 12.0 Å². The second-order valence-electron chi connectivity index (χ2n) is 5.17. The quantitative estimate of drug-likeness (QED) is 0.763. The maximum Gasteiger partial charge on any atom is 0.246 e. The van der Waals surface area contributed by atoms with Gasteiger partial charge in [-0.1, -0.05) is 48.0 Å². The molecule has 0 N–H and O–H groups in total. The molecule has 0 aliphatic carbocycles. The minimum atomic E-state index is -0.0303. The van der Waals surface area contributed by atoms with Crippen molar-refractivity contribution in [2.45, 2.75) is 6.92 Å². The summed E-state index contributed by atoms with van der Waals surface area (Å²) in [5.74, 6) is 0.788. The molecule has 114 valence electrons. The molecule has 3 nitrogen and oxygen atoms in total. The highest BCUT2D eigenvalue weighted by molar-refractivity contribution is 5.91. The van der Waals surface area contributed by atoms with Crippen LogP contribution in [-0.4, -0.2) is 31.0 Å². The van der Waals surface area contributed by atoms with E-state index in [1.807, 2.05) is 67.6 Å². The van der Waals surface area contributed by atoms with Gasteiger partial charge in [0.1, 0.15) is 12.4 Å². The first kappa shape index (κ1) is 15.8. The third kappa shape index (κ3) is 5.09. The number of ether oxygens (including phenoxy) is 1. The van der Waals surface area contributed by atoms with Gasteiger partial charge in [0.25, 0.3) is 0 Å². The summed E-state index contributed by atoms with van der Waals surface area (Å²) in [5, 5.41) is 0. The Morgan fingerprint density at radius 2 is 1.77 bits per heavy atom. The molecule has 0 aromatic heterocycles. The maximum atomic E-state index is 12.0. The minimum Gasteiger partial charge on any atom is -0.492 e. The summed E-state index contributed by atoms with van der Waals surface area (Å²) >= 11 is 0. The van der Waals surface area contributed by atoms with Gasteiger partial charge in [0.2, 0.25) is 5.91 Å². The molecule has 0 unspecified atom stereocenters. The number of aryl methyl sites for hydroxylation is 1. The van der Waals surface area contributed by atoms with Crippen molar-refractivity contribution < 1.29 is 9.53 Å². The fourth-order valence-electron chi connectivity index (χ4n) is 1.90. The molecule has 2 rings (SSSR count). The largest absolute Gasteiger partial charge is 0.492 e. The molecule has 0 radical (unpaired) electrons. The zero-order valence-electron chi connectivity index (χ0n) is 13.0. The van der Waals surface area contributed by atoms with Crippen LogP contribution in [0.4, 0.5) is 0 Å². The Balaban J connectivity index is 1.78. The van der Waals surface area contributed by atoms with Gasteiger partial charge in [-0.3, -0.25) is 4.79 Å². The molecule has 0 atom stereocenters. The van der Waals surface area contributed by atoms with Crippen molar-refractivity contribution in [1.29, 1.82) is 0 Å². The lowest BCUT2D eigenvalue weighted by atomic mass is 10.1. The second-order valence-corrected chi connectivity index (χ2v) is 5.17. The van der Waals surface area contributed by atoms with Gasteiger partial charge in [-0.2, -0.15) is 0 Å². The van der Waals surface area contributed by atoms with Gasteiger partial charge in [-0.15, -0.1) is 0 Å². The molecule has 0 aliphatic heterocycles. The summed E-state index contributed by atoms with van der Waals surface area (Å²) < 4.78 is 5.58. The first-order valence-corrected chi connectivity index (χ1v) is 7.33. The topological polar surface area (TPSA) is 29.5 Å². The van der Waals surface area contributed by atoms with Gasteiger partial charge in [-0.05, 0) is 30.7 Å². The van der Waals surface area contributed by atoms with Crippen molar-refractivity contribution in [1.82, 2.24) is 4.90 Å². The highest BCUT2D eigenvalue weighted by Gasteiger charge is 2.04. The Kier molecular flexibility index (Phi) is 5.78. The van der Waals surface area contributed by atoms with Gasteiger partial charge in [-0.25, -0.2) is 0 Å². The van der Waals surface area contributed by atoms with E-state index in [4.69, 9.17) is 4.74 Å². The van der Waals surface area contributed by atoms with Gasteiger partial charge in [0.15, 0.2) is 0 Å². The Morgan fingerprint density at radius 1 is 1.09 bits per heavy atom. The van der Waals surface area contributed by atoms with Gasteiger partial charge in [0, 0.05) is 13.1 Å². The smallest absolute Gasteiger partial charge is 0.246 e. The monoisotopic (exact) mass is 295 g/mol. The molecule has 1 amide bonds. The van der Waals surface area contributed by atoms with Gasteiger partial charge in [0.05, 0.1) is 6.54 Å². The number of para-hydroxylation sites is 1. The predicted octanol–water partition coefficient (Wildman–Crippen LogP) is 3.55. The average Bonchev–Trinajstić information content (AvgIpc) is 2.55.